The van der Waals surface area contributed by atoms with Gasteiger partial charge in [-0.25, -0.2) is 19.6 Å². The monoisotopic (exact) mass is 936 g/mol. The second-order valence-electron chi connectivity index (χ2n) is 18.7. The quantitative estimate of drug-likeness (QED) is 0.0896. The molecule has 0 radical (unpaired) electrons. The van der Waals surface area contributed by atoms with Crippen LogP contribution in [-0.4, -0.2) is 127 Å². The zero-order valence-electron chi connectivity index (χ0n) is 38.8. The van der Waals surface area contributed by atoms with Crippen LogP contribution in [0, 0.1) is 35.5 Å². The number of hydrogen-bond acceptors (Lipinski definition) is 13. The second kappa shape index (κ2) is 19.7. The van der Waals surface area contributed by atoms with Crippen LogP contribution in [0.2, 0.25) is 0 Å². The molecule has 4 fully saturated rings. The molecule has 2 saturated carbocycles. The van der Waals surface area contributed by atoms with Crippen LogP contribution in [0.4, 0.5) is 9.59 Å². The van der Waals surface area contributed by atoms with Crippen molar-refractivity contribution in [2.24, 2.45) is 35.5 Å². The lowest BCUT2D eigenvalue weighted by atomic mass is 9.90. The molecule has 4 N–H and O–H groups in total. The summed E-state index contributed by atoms with van der Waals surface area (Å²) in [5.74, 6) is 2.11. The van der Waals surface area contributed by atoms with Crippen molar-refractivity contribution < 1.29 is 38.1 Å². The molecule has 67 heavy (non-hydrogen) atoms. The number of amides is 4. The largest absolute Gasteiger partial charge is 0.453 e. The lowest BCUT2D eigenvalue weighted by molar-refractivity contribution is -0.138. The fourth-order valence-corrected chi connectivity index (χ4v) is 10.9. The van der Waals surface area contributed by atoms with Gasteiger partial charge in [-0.3, -0.25) is 9.59 Å². The highest BCUT2D eigenvalue weighted by Crippen LogP contribution is 2.45. The summed E-state index contributed by atoms with van der Waals surface area (Å²) in [4.78, 5) is 73.8. The number of nitrogens with one attached hydrogen (secondary N) is 4. The van der Waals surface area contributed by atoms with E-state index in [0.717, 1.165) is 56.4 Å². The average Bonchev–Trinajstić information content (AvgIpc) is 3.80. The molecule has 5 aromatic rings. The van der Waals surface area contributed by atoms with E-state index < -0.39 is 24.3 Å². The highest BCUT2D eigenvalue weighted by Gasteiger charge is 2.52. The molecule has 18 nitrogen and oxygen atoms in total. The van der Waals surface area contributed by atoms with E-state index in [2.05, 4.69) is 48.3 Å². The predicted octanol–water partition coefficient (Wildman–Crippen LogP) is 6.41. The Morgan fingerprint density at radius 1 is 0.642 bits per heavy atom. The number of nitrogens with zero attached hydrogens (tertiary/aromatic N) is 6. The van der Waals surface area contributed by atoms with Gasteiger partial charge in [0.05, 0.1) is 62.8 Å². The van der Waals surface area contributed by atoms with Crippen LogP contribution in [0.1, 0.15) is 65.0 Å². The molecule has 5 heterocycles. The predicted molar refractivity (Wildman–Crippen MR) is 249 cm³/mol. The van der Waals surface area contributed by atoms with Gasteiger partial charge in [0.1, 0.15) is 34.8 Å². The summed E-state index contributed by atoms with van der Waals surface area (Å²) in [6.45, 7) is 11.3. The van der Waals surface area contributed by atoms with Crippen LogP contribution in [0.5, 0.6) is 0 Å². The minimum Gasteiger partial charge on any atom is -0.453 e. The van der Waals surface area contributed by atoms with Crippen LogP contribution in [0.15, 0.2) is 48.8 Å². The summed E-state index contributed by atoms with van der Waals surface area (Å²) in [5.41, 5.74) is 6.73. The lowest BCUT2D eigenvalue weighted by Crippen LogP contribution is -2.54. The molecular formula is C48H60N10O8S. The molecule has 2 aromatic carbocycles. The van der Waals surface area contributed by atoms with Gasteiger partial charge in [-0.1, -0.05) is 58.0 Å². The molecule has 2 aliphatic carbocycles. The number of carbonyl (C=O) groups is 4. The van der Waals surface area contributed by atoms with Gasteiger partial charge in [0.15, 0.2) is 0 Å². The zero-order valence-corrected chi connectivity index (χ0v) is 39.6. The van der Waals surface area contributed by atoms with E-state index in [9.17, 15) is 19.2 Å². The van der Waals surface area contributed by atoms with Gasteiger partial charge in [0.25, 0.3) is 0 Å². The van der Waals surface area contributed by atoms with E-state index in [1.54, 1.807) is 12.4 Å². The molecule has 2 aliphatic heterocycles. The molecule has 6 unspecified atom stereocenters. The number of carbonyl (C=O) groups excluding carboxylic acids is 4. The second-order valence-corrected chi connectivity index (χ2v) is 19.2. The van der Waals surface area contributed by atoms with E-state index in [0.29, 0.717) is 87.4 Å². The molecule has 19 heteroatoms. The smallest absolute Gasteiger partial charge is 0.407 e. The van der Waals surface area contributed by atoms with Crippen LogP contribution in [0.25, 0.3) is 44.7 Å². The minimum absolute atomic E-state index is 0.0120. The highest BCUT2D eigenvalue weighted by atomic mass is 32.1. The van der Waals surface area contributed by atoms with Crippen molar-refractivity contribution in [2.45, 2.75) is 90.6 Å². The number of alkyl carbamates (subject to hydrolysis) is 2. The molecule has 2 saturated heterocycles. The Balaban J connectivity index is 0.907. The van der Waals surface area contributed by atoms with Gasteiger partial charge in [0, 0.05) is 49.6 Å². The molecule has 6 atom stereocenters. The third-order valence-electron chi connectivity index (χ3n) is 14.9. The fraction of sp³-hybridized carbons (Fsp3) is 0.542. The van der Waals surface area contributed by atoms with E-state index in [1.165, 1.54) is 14.2 Å². The Morgan fingerprint density at radius 2 is 1.06 bits per heavy atom. The number of imidazole rings is 2. The standard InChI is InChI=1S/C48H60N10O8S/c1-25-26(2)43(25)57(45(59)39(53-47(61)63-5)31-13-17-65-18-14-31)23-37-49-21-35(51-37)30-9-7-29(8-10-30)33-11-12-34(42-41(33)55-67-56-42)36-22-50-38(52-36)24-58(44-27(3)28(44)4)46(60)40(54-48(62)64-6)32-15-19-66-20-16-32/h7-12,21-22,25-28,31-32,39-40,43-44H,13-20,23-24H2,1-6H3,(H,49,51)(H,50,52)(H,53,61)(H,54,62). The number of aromatic amines is 2. The Kier molecular flexibility index (Phi) is 13.6. The molecule has 4 aliphatic rings. The number of methoxy groups -OCH3 is 2. The Labute approximate surface area is 393 Å². The van der Waals surface area contributed by atoms with Crippen molar-refractivity contribution >= 4 is 46.8 Å². The number of ether oxygens (including phenoxy) is 4. The number of aromatic nitrogens is 6. The molecule has 4 amide bonds. The summed E-state index contributed by atoms with van der Waals surface area (Å²) in [7, 11) is 2.61. The Hall–Kier alpha value is -5.92. The van der Waals surface area contributed by atoms with E-state index in [-0.39, 0.29) is 48.8 Å². The van der Waals surface area contributed by atoms with Crippen molar-refractivity contribution in [3.05, 3.63) is 60.4 Å². The third kappa shape index (κ3) is 9.63. The zero-order chi connectivity index (χ0) is 46.9. The first-order valence-corrected chi connectivity index (χ1v) is 24.1. The summed E-state index contributed by atoms with van der Waals surface area (Å²) in [6, 6.07) is 10.8. The summed E-state index contributed by atoms with van der Waals surface area (Å²) in [5, 5.41) is 5.69. The lowest BCUT2D eigenvalue weighted by Gasteiger charge is -2.34. The van der Waals surface area contributed by atoms with Crippen molar-refractivity contribution in [3.8, 4) is 33.6 Å². The summed E-state index contributed by atoms with van der Waals surface area (Å²) >= 11 is 1.14. The van der Waals surface area contributed by atoms with Crippen LogP contribution in [0.3, 0.4) is 0 Å². The van der Waals surface area contributed by atoms with Crippen LogP contribution >= 0.6 is 11.7 Å². The first-order valence-electron chi connectivity index (χ1n) is 23.3. The fourth-order valence-electron chi connectivity index (χ4n) is 10.3. The van der Waals surface area contributed by atoms with Crippen molar-refractivity contribution in [1.82, 2.24) is 49.1 Å². The number of benzene rings is 2. The van der Waals surface area contributed by atoms with E-state index in [1.807, 2.05) is 46.2 Å². The van der Waals surface area contributed by atoms with Crippen molar-refractivity contribution in [2.75, 3.05) is 40.6 Å². The number of fused-ring (bicyclic) bond motifs is 1. The van der Waals surface area contributed by atoms with Gasteiger partial charge < -0.3 is 49.3 Å². The maximum atomic E-state index is 14.4. The van der Waals surface area contributed by atoms with Gasteiger partial charge in [0.2, 0.25) is 11.8 Å². The first kappa shape index (κ1) is 46.2. The molecule has 356 valence electrons. The number of rotatable bonds is 15. The Morgan fingerprint density at radius 3 is 1.52 bits per heavy atom. The molecule has 0 spiro atoms. The van der Waals surface area contributed by atoms with Gasteiger partial charge >= 0.3 is 12.2 Å². The topological polar surface area (TPSA) is 219 Å². The van der Waals surface area contributed by atoms with Gasteiger partial charge in [-0.05, 0) is 78.4 Å². The normalized spacial score (nSPS) is 23.8. The van der Waals surface area contributed by atoms with Crippen LogP contribution in [-0.2, 0) is 41.6 Å². The van der Waals surface area contributed by atoms with E-state index in [4.69, 9.17) is 37.7 Å². The Bertz CT molecular complexity index is 2550. The maximum absolute atomic E-state index is 14.4. The first-order chi connectivity index (χ1) is 32.4. The van der Waals surface area contributed by atoms with E-state index >= 15 is 0 Å². The maximum Gasteiger partial charge on any atom is 0.407 e. The minimum atomic E-state index is -0.738. The van der Waals surface area contributed by atoms with Gasteiger partial charge in [-0.15, -0.1) is 0 Å². The number of H-pyrrole nitrogens is 2. The molecule has 9 rings (SSSR count). The third-order valence-corrected chi connectivity index (χ3v) is 15.4. The molecule has 3 aromatic heterocycles. The molecular weight excluding hydrogens is 877 g/mol. The van der Waals surface area contributed by atoms with Crippen molar-refractivity contribution in [3.63, 3.8) is 0 Å². The van der Waals surface area contributed by atoms with Crippen LogP contribution < -0.4 is 10.6 Å². The van der Waals surface area contributed by atoms with Crippen molar-refractivity contribution in [1.29, 1.82) is 0 Å². The number of hydrogen-bond donors (Lipinski definition) is 4. The SMILES string of the molecule is COC(=O)NC(C(=O)N(Cc1ncc(-c2ccc(-c3ccc(-c4cnc(CN(C(=O)C(NC(=O)OC)C5CCOCC5)C5C(C)C5C)[nH]4)c4nsnc34)cc2)[nH]1)C1C(C)C1C)C1CCOCC1. The molecule has 0 bridgehead atoms. The highest BCUT2D eigenvalue weighted by molar-refractivity contribution is 7.00. The average molecular weight is 937 g/mol. The van der Waals surface area contributed by atoms with Gasteiger partial charge in [-0.2, -0.15) is 8.75 Å². The summed E-state index contributed by atoms with van der Waals surface area (Å²) < 4.78 is 30.4. The summed E-state index contributed by atoms with van der Waals surface area (Å²) in [6.07, 6.45) is 4.98.